The van der Waals surface area contributed by atoms with E-state index in [9.17, 15) is 4.79 Å². The van der Waals surface area contributed by atoms with Gasteiger partial charge in [-0.2, -0.15) is 0 Å². The number of methoxy groups -OCH3 is 1. The lowest BCUT2D eigenvalue weighted by molar-refractivity contribution is -0.130. The molecule has 156 valence electrons. The molecule has 28 heavy (non-hydrogen) atoms. The average Bonchev–Trinajstić information content (AvgIpc) is 2.68. The summed E-state index contributed by atoms with van der Waals surface area (Å²) in [5, 5.41) is 6.59. The average molecular weight is 500 g/mol. The van der Waals surface area contributed by atoms with Crippen LogP contribution in [0.1, 0.15) is 36.8 Å². The van der Waals surface area contributed by atoms with E-state index >= 15 is 0 Å². The van der Waals surface area contributed by atoms with Gasteiger partial charge in [-0.15, -0.1) is 24.0 Å². The lowest BCUT2D eigenvalue weighted by Gasteiger charge is -2.42. The Morgan fingerprint density at radius 3 is 2.64 bits per heavy atom. The van der Waals surface area contributed by atoms with E-state index in [-0.39, 0.29) is 36.4 Å². The van der Waals surface area contributed by atoms with Gasteiger partial charge in [0.15, 0.2) is 5.96 Å². The van der Waals surface area contributed by atoms with Crippen molar-refractivity contribution in [1.82, 2.24) is 15.5 Å². The van der Waals surface area contributed by atoms with Crippen molar-refractivity contribution in [2.24, 2.45) is 10.4 Å². The molecule has 0 spiro atoms. The van der Waals surface area contributed by atoms with Crippen molar-refractivity contribution in [3.8, 4) is 0 Å². The lowest BCUT2D eigenvalue weighted by atomic mass is 9.67. The zero-order valence-electron chi connectivity index (χ0n) is 17.0. The molecule has 7 heteroatoms. The minimum atomic E-state index is 0. The van der Waals surface area contributed by atoms with Gasteiger partial charge in [-0.05, 0) is 42.2 Å². The Morgan fingerprint density at radius 2 is 2.00 bits per heavy atom. The Bertz CT molecular complexity index is 676. The molecule has 2 aliphatic rings. The summed E-state index contributed by atoms with van der Waals surface area (Å²) in [6.45, 7) is 3.42. The quantitative estimate of drug-likeness (QED) is 0.343. The minimum absolute atomic E-state index is 0. The Balaban J connectivity index is 0.00000280. The van der Waals surface area contributed by atoms with Gasteiger partial charge in [0, 0.05) is 40.4 Å². The first-order valence-corrected chi connectivity index (χ1v) is 9.94. The highest BCUT2D eigenvalue weighted by atomic mass is 127. The molecule has 3 rings (SSSR count). The third-order valence-electron chi connectivity index (χ3n) is 6.00. The second-order valence-corrected chi connectivity index (χ2v) is 7.71. The highest BCUT2D eigenvalue weighted by Crippen LogP contribution is 2.43. The molecular weight excluding hydrogens is 467 g/mol. The van der Waals surface area contributed by atoms with Gasteiger partial charge in [0.1, 0.15) is 0 Å². The number of nitrogens with one attached hydrogen (secondary N) is 2. The zero-order chi connectivity index (χ0) is 19.1. The number of carbonyl (C=O) groups excluding carboxylic acids is 1. The number of benzene rings is 1. The third-order valence-corrected chi connectivity index (χ3v) is 6.00. The van der Waals surface area contributed by atoms with Crippen LogP contribution in [0.2, 0.25) is 0 Å². The normalized spacial score (nSPS) is 17.8. The van der Waals surface area contributed by atoms with Crippen molar-refractivity contribution in [3.63, 3.8) is 0 Å². The standard InChI is InChI=1S/C21H32N4O2.HI/c1-22-20(24-16-21(9-5-10-21)11-13-27-2)23-14-19(26)25-12-8-17-6-3-4-7-18(17)15-25;/h3-4,6-7H,5,8-16H2,1-2H3,(H2,22,23,24);1H. The van der Waals surface area contributed by atoms with Gasteiger partial charge >= 0.3 is 0 Å². The van der Waals surface area contributed by atoms with Crippen molar-refractivity contribution in [1.29, 1.82) is 0 Å². The topological polar surface area (TPSA) is 66.0 Å². The smallest absolute Gasteiger partial charge is 0.242 e. The van der Waals surface area contributed by atoms with Crippen LogP contribution in [-0.4, -0.2) is 57.2 Å². The molecule has 1 heterocycles. The van der Waals surface area contributed by atoms with Crippen LogP contribution in [0.3, 0.4) is 0 Å². The SMILES string of the molecule is CN=C(NCC(=O)N1CCc2ccccc2C1)NCC1(CCOC)CCC1.I. The molecule has 1 amide bonds. The maximum absolute atomic E-state index is 12.6. The minimum Gasteiger partial charge on any atom is -0.385 e. The summed E-state index contributed by atoms with van der Waals surface area (Å²) in [5.74, 6) is 0.814. The molecule has 0 bridgehead atoms. The van der Waals surface area contributed by atoms with Crippen LogP contribution in [0, 0.1) is 5.41 Å². The first-order chi connectivity index (χ1) is 13.2. The van der Waals surface area contributed by atoms with Crippen LogP contribution in [0.25, 0.3) is 0 Å². The molecule has 0 radical (unpaired) electrons. The van der Waals surface area contributed by atoms with Crippen molar-refractivity contribution in [2.75, 3.05) is 40.4 Å². The summed E-state index contributed by atoms with van der Waals surface area (Å²) < 4.78 is 5.25. The van der Waals surface area contributed by atoms with Crippen LogP contribution in [0.4, 0.5) is 0 Å². The van der Waals surface area contributed by atoms with Gasteiger partial charge in [0.25, 0.3) is 0 Å². The molecule has 0 atom stereocenters. The van der Waals surface area contributed by atoms with E-state index in [2.05, 4.69) is 33.8 Å². The summed E-state index contributed by atoms with van der Waals surface area (Å²) in [6.07, 6.45) is 5.74. The fraction of sp³-hybridized carbons (Fsp3) is 0.619. The van der Waals surface area contributed by atoms with E-state index in [0.29, 0.717) is 17.9 Å². The molecule has 1 aliphatic heterocycles. The molecule has 0 unspecified atom stereocenters. The first kappa shape index (κ1) is 22.9. The van der Waals surface area contributed by atoms with E-state index in [1.54, 1.807) is 14.2 Å². The van der Waals surface area contributed by atoms with Crippen molar-refractivity contribution >= 4 is 35.8 Å². The van der Waals surface area contributed by atoms with Crippen LogP contribution in [-0.2, 0) is 22.5 Å². The van der Waals surface area contributed by atoms with Crippen LogP contribution in [0.15, 0.2) is 29.3 Å². The van der Waals surface area contributed by atoms with E-state index in [1.165, 1.54) is 30.4 Å². The van der Waals surface area contributed by atoms with Gasteiger partial charge in [-0.1, -0.05) is 30.7 Å². The number of aliphatic imine (C=N–C) groups is 1. The summed E-state index contributed by atoms with van der Waals surface area (Å²) in [6, 6.07) is 8.37. The number of ether oxygens (including phenoxy) is 1. The summed E-state index contributed by atoms with van der Waals surface area (Å²) in [5.41, 5.74) is 2.92. The third kappa shape index (κ3) is 5.83. The number of rotatable bonds is 7. The Kier molecular flexibility index (Phi) is 9.01. The van der Waals surface area contributed by atoms with E-state index in [1.807, 2.05) is 11.0 Å². The zero-order valence-corrected chi connectivity index (χ0v) is 19.3. The molecule has 1 aromatic carbocycles. The molecule has 1 fully saturated rings. The van der Waals surface area contributed by atoms with Crippen molar-refractivity contribution in [2.45, 2.75) is 38.6 Å². The highest BCUT2D eigenvalue weighted by Gasteiger charge is 2.36. The number of amides is 1. The Labute approximate surface area is 185 Å². The maximum atomic E-state index is 12.6. The predicted molar refractivity (Wildman–Crippen MR) is 123 cm³/mol. The van der Waals surface area contributed by atoms with Crippen molar-refractivity contribution in [3.05, 3.63) is 35.4 Å². The number of halogens is 1. The molecule has 2 N–H and O–H groups in total. The number of hydrogen-bond donors (Lipinski definition) is 2. The lowest BCUT2D eigenvalue weighted by Crippen LogP contribution is -2.49. The summed E-state index contributed by atoms with van der Waals surface area (Å²) >= 11 is 0. The second-order valence-electron chi connectivity index (χ2n) is 7.71. The highest BCUT2D eigenvalue weighted by molar-refractivity contribution is 14.0. The van der Waals surface area contributed by atoms with E-state index < -0.39 is 0 Å². The predicted octanol–water partition coefficient (Wildman–Crippen LogP) is 2.56. The number of nitrogens with zero attached hydrogens (tertiary/aromatic N) is 2. The molecule has 1 aromatic rings. The second kappa shape index (κ2) is 11.0. The number of hydrogen-bond acceptors (Lipinski definition) is 3. The number of fused-ring (bicyclic) bond motifs is 1. The van der Waals surface area contributed by atoms with Gasteiger partial charge in [-0.25, -0.2) is 0 Å². The van der Waals surface area contributed by atoms with E-state index in [4.69, 9.17) is 4.74 Å². The van der Waals surface area contributed by atoms with E-state index in [0.717, 1.165) is 32.5 Å². The first-order valence-electron chi connectivity index (χ1n) is 9.94. The number of carbonyl (C=O) groups is 1. The molecule has 0 saturated heterocycles. The van der Waals surface area contributed by atoms with Gasteiger partial charge < -0.3 is 20.3 Å². The fourth-order valence-electron chi connectivity index (χ4n) is 3.98. The summed E-state index contributed by atoms with van der Waals surface area (Å²) in [4.78, 5) is 18.8. The molecule has 6 nitrogen and oxygen atoms in total. The molecular formula is C21H33IN4O2. The van der Waals surface area contributed by atoms with Gasteiger partial charge in [-0.3, -0.25) is 9.79 Å². The maximum Gasteiger partial charge on any atom is 0.242 e. The van der Waals surface area contributed by atoms with Crippen LogP contribution >= 0.6 is 24.0 Å². The fourth-order valence-corrected chi connectivity index (χ4v) is 3.98. The Hall–Kier alpha value is -1.35. The molecule has 1 aliphatic carbocycles. The number of guanidine groups is 1. The van der Waals surface area contributed by atoms with Crippen LogP contribution < -0.4 is 10.6 Å². The largest absolute Gasteiger partial charge is 0.385 e. The van der Waals surface area contributed by atoms with Crippen molar-refractivity contribution < 1.29 is 9.53 Å². The molecule has 0 aromatic heterocycles. The van der Waals surface area contributed by atoms with Crippen LogP contribution in [0.5, 0.6) is 0 Å². The van der Waals surface area contributed by atoms with Gasteiger partial charge in [0.2, 0.25) is 5.91 Å². The Morgan fingerprint density at radius 1 is 1.25 bits per heavy atom. The van der Waals surface area contributed by atoms with Gasteiger partial charge in [0.05, 0.1) is 6.54 Å². The monoisotopic (exact) mass is 500 g/mol. The molecule has 1 saturated carbocycles. The summed E-state index contributed by atoms with van der Waals surface area (Å²) in [7, 11) is 3.50.